The van der Waals surface area contributed by atoms with Gasteiger partial charge in [0.15, 0.2) is 0 Å². The molecular weight excluding hydrogens is 162 g/mol. The van der Waals surface area contributed by atoms with Crippen LogP contribution in [-0.4, -0.2) is 11.6 Å². The molecule has 1 rings (SSSR count). The van der Waals surface area contributed by atoms with Gasteiger partial charge in [0.1, 0.15) is 5.75 Å². The summed E-state index contributed by atoms with van der Waals surface area (Å²) in [4.78, 5) is 0. The molecule has 0 spiro atoms. The van der Waals surface area contributed by atoms with Gasteiger partial charge < -0.3 is 9.68 Å². The highest BCUT2D eigenvalue weighted by atomic mass is 35.5. The quantitative estimate of drug-likeness (QED) is 0.683. The predicted molar refractivity (Wildman–Crippen MR) is 45.6 cm³/mol. The topological polar surface area (TPSA) is 29.5 Å². The minimum absolute atomic E-state index is 0.568. The van der Waals surface area contributed by atoms with Gasteiger partial charge in [-0.1, -0.05) is 17.7 Å². The number of halogens is 1. The summed E-state index contributed by atoms with van der Waals surface area (Å²) in [5, 5.41) is 8.62. The maximum absolute atomic E-state index is 8.62. The molecule has 1 aromatic rings. The summed E-state index contributed by atoms with van der Waals surface area (Å²) < 4.78 is 4.79. The van der Waals surface area contributed by atoms with E-state index < -0.39 is 6.53 Å². The normalized spacial score (nSPS) is 9.36. The zero-order valence-electron chi connectivity index (χ0n) is 6.12. The van der Waals surface area contributed by atoms with Crippen molar-refractivity contribution in [2.45, 2.75) is 6.92 Å². The first kappa shape index (κ1) is 8.43. The molecule has 0 fully saturated rings. The molecule has 0 saturated heterocycles. The lowest BCUT2D eigenvalue weighted by Gasteiger charge is -2.03. The van der Waals surface area contributed by atoms with E-state index in [1.54, 1.807) is 12.1 Å². The van der Waals surface area contributed by atoms with Crippen molar-refractivity contribution in [2.75, 3.05) is 0 Å². The first-order valence-electron chi connectivity index (χ1n) is 3.24. The lowest BCUT2D eigenvalue weighted by molar-refractivity contribution is 0.442. The Morgan fingerprint density at radius 1 is 1.36 bits per heavy atom. The SMILES string of the molecule is Cc1ccc(OB(O)Cl)cc1. The van der Waals surface area contributed by atoms with Crippen LogP contribution in [0.15, 0.2) is 24.3 Å². The van der Waals surface area contributed by atoms with Gasteiger partial charge >= 0.3 is 6.53 Å². The second kappa shape index (κ2) is 3.65. The monoisotopic (exact) mass is 170 g/mol. The van der Waals surface area contributed by atoms with Crippen LogP contribution in [0.25, 0.3) is 0 Å². The summed E-state index contributed by atoms with van der Waals surface area (Å²) in [7, 11) is 0. The van der Waals surface area contributed by atoms with Gasteiger partial charge in [-0.25, -0.2) is 0 Å². The van der Waals surface area contributed by atoms with Crippen molar-refractivity contribution in [3.05, 3.63) is 29.8 Å². The molecule has 0 aromatic heterocycles. The van der Waals surface area contributed by atoms with E-state index in [0.29, 0.717) is 5.75 Å². The van der Waals surface area contributed by atoms with Crippen LogP contribution in [0.4, 0.5) is 0 Å². The minimum atomic E-state index is -1.27. The maximum Gasteiger partial charge on any atom is 0.639 e. The highest BCUT2D eigenvalue weighted by molar-refractivity contribution is 6.98. The van der Waals surface area contributed by atoms with Gasteiger partial charge in [0, 0.05) is 0 Å². The van der Waals surface area contributed by atoms with Gasteiger partial charge in [0.2, 0.25) is 0 Å². The third-order valence-electron chi connectivity index (χ3n) is 1.25. The summed E-state index contributed by atoms with van der Waals surface area (Å²) >= 11 is 5.19. The van der Waals surface area contributed by atoms with Gasteiger partial charge in [-0.3, -0.25) is 0 Å². The molecule has 2 nitrogen and oxygen atoms in total. The molecule has 0 amide bonds. The average Bonchev–Trinajstić information content (AvgIpc) is 1.93. The molecule has 11 heavy (non-hydrogen) atoms. The average molecular weight is 170 g/mol. The van der Waals surface area contributed by atoms with Gasteiger partial charge in [0.05, 0.1) is 0 Å². The number of hydrogen-bond acceptors (Lipinski definition) is 2. The van der Waals surface area contributed by atoms with Crippen molar-refractivity contribution in [2.24, 2.45) is 0 Å². The van der Waals surface area contributed by atoms with Crippen molar-refractivity contribution in [1.82, 2.24) is 0 Å². The lowest BCUT2D eigenvalue weighted by atomic mass is 10.2. The van der Waals surface area contributed by atoms with E-state index in [0.717, 1.165) is 5.56 Å². The van der Waals surface area contributed by atoms with Gasteiger partial charge in [0.25, 0.3) is 0 Å². The largest absolute Gasteiger partial charge is 0.639 e. The third-order valence-corrected chi connectivity index (χ3v) is 1.34. The first-order chi connectivity index (χ1) is 5.18. The Bertz CT molecular complexity index is 222. The Morgan fingerprint density at radius 3 is 2.36 bits per heavy atom. The van der Waals surface area contributed by atoms with Crippen LogP contribution >= 0.6 is 11.5 Å². The van der Waals surface area contributed by atoms with E-state index in [1.807, 2.05) is 19.1 Å². The van der Waals surface area contributed by atoms with Crippen LogP contribution < -0.4 is 4.65 Å². The van der Waals surface area contributed by atoms with Crippen molar-refractivity contribution in [1.29, 1.82) is 0 Å². The molecule has 0 aliphatic rings. The number of benzene rings is 1. The molecule has 0 atom stereocenters. The molecule has 4 heteroatoms. The fraction of sp³-hybridized carbons (Fsp3) is 0.143. The molecule has 1 N–H and O–H groups in total. The molecule has 58 valence electrons. The Labute approximate surface area is 70.8 Å². The Hall–Kier alpha value is -0.665. The highest BCUT2D eigenvalue weighted by Gasteiger charge is 2.08. The summed E-state index contributed by atoms with van der Waals surface area (Å²) in [6.45, 7) is 0.707. The van der Waals surface area contributed by atoms with Crippen LogP contribution in [0.3, 0.4) is 0 Å². The fourth-order valence-electron chi connectivity index (χ4n) is 0.729. The van der Waals surface area contributed by atoms with Crippen molar-refractivity contribution in [3.8, 4) is 5.75 Å². The van der Waals surface area contributed by atoms with Crippen LogP contribution in [0, 0.1) is 6.92 Å². The summed E-state index contributed by atoms with van der Waals surface area (Å²) in [6, 6.07) is 7.27. The molecule has 0 heterocycles. The second-order valence-corrected chi connectivity index (χ2v) is 2.60. The molecule has 0 radical (unpaired) electrons. The van der Waals surface area contributed by atoms with Crippen LogP contribution in [0.2, 0.25) is 0 Å². The standard InChI is InChI=1S/C7H8BClO2/c1-6-2-4-7(5-3-6)11-8(9)10/h2-5,10H,1H3. The van der Waals surface area contributed by atoms with E-state index in [1.165, 1.54) is 0 Å². The molecule has 0 unspecified atom stereocenters. The summed E-state index contributed by atoms with van der Waals surface area (Å²) in [5.74, 6) is 0.568. The summed E-state index contributed by atoms with van der Waals surface area (Å²) in [6.07, 6.45) is 0. The Balaban J connectivity index is 2.66. The Kier molecular flexibility index (Phi) is 2.80. The smallest absolute Gasteiger partial charge is 0.523 e. The third kappa shape index (κ3) is 2.82. The summed E-state index contributed by atoms with van der Waals surface area (Å²) in [5.41, 5.74) is 1.14. The Morgan fingerprint density at radius 2 is 1.91 bits per heavy atom. The highest BCUT2D eigenvalue weighted by Crippen LogP contribution is 2.12. The van der Waals surface area contributed by atoms with Crippen LogP contribution in [-0.2, 0) is 0 Å². The van der Waals surface area contributed by atoms with Crippen LogP contribution in [0.1, 0.15) is 5.56 Å². The molecule has 0 bridgehead atoms. The van der Waals surface area contributed by atoms with E-state index in [9.17, 15) is 0 Å². The van der Waals surface area contributed by atoms with Crippen molar-refractivity contribution < 1.29 is 9.68 Å². The van der Waals surface area contributed by atoms with Gasteiger partial charge in [-0.2, -0.15) is 0 Å². The number of aryl methyl sites for hydroxylation is 1. The zero-order valence-corrected chi connectivity index (χ0v) is 6.88. The molecule has 0 aliphatic carbocycles. The van der Waals surface area contributed by atoms with E-state index >= 15 is 0 Å². The molecule has 0 saturated carbocycles. The first-order valence-corrected chi connectivity index (χ1v) is 3.67. The zero-order chi connectivity index (χ0) is 8.27. The second-order valence-electron chi connectivity index (χ2n) is 2.22. The maximum atomic E-state index is 8.62. The van der Waals surface area contributed by atoms with Crippen LogP contribution in [0.5, 0.6) is 5.75 Å². The van der Waals surface area contributed by atoms with Crippen molar-refractivity contribution in [3.63, 3.8) is 0 Å². The molecular formula is C7H8BClO2. The van der Waals surface area contributed by atoms with Gasteiger partial charge in [-0.05, 0) is 19.1 Å². The lowest BCUT2D eigenvalue weighted by Crippen LogP contribution is -2.12. The number of rotatable bonds is 2. The molecule has 1 aromatic carbocycles. The van der Waals surface area contributed by atoms with Gasteiger partial charge in [-0.15, -0.1) is 11.5 Å². The van der Waals surface area contributed by atoms with E-state index in [2.05, 4.69) is 0 Å². The molecule has 0 aliphatic heterocycles. The van der Waals surface area contributed by atoms with Crippen molar-refractivity contribution >= 4 is 18.0 Å². The van der Waals surface area contributed by atoms with E-state index in [-0.39, 0.29) is 0 Å². The fourth-order valence-corrected chi connectivity index (χ4v) is 0.832. The van der Waals surface area contributed by atoms with E-state index in [4.69, 9.17) is 21.1 Å². The predicted octanol–water partition coefficient (Wildman–Crippen LogP) is 1.59. The minimum Gasteiger partial charge on any atom is -0.523 e. The number of hydrogen-bond donors (Lipinski definition) is 1.